The van der Waals surface area contributed by atoms with Crippen LogP contribution < -0.4 is 5.32 Å². The minimum Gasteiger partial charge on any atom is -0.316 e. The number of piperidine rings is 2. The third-order valence-electron chi connectivity index (χ3n) is 2.91. The van der Waals surface area contributed by atoms with Gasteiger partial charge in [0.25, 0.3) is 0 Å². The molecule has 3 atom stereocenters. The van der Waals surface area contributed by atoms with Crippen molar-refractivity contribution < 1.29 is 0 Å². The lowest BCUT2D eigenvalue weighted by Crippen LogP contribution is -2.51. The fraction of sp³-hybridized carbons (Fsp3) is 1.00. The molecule has 0 spiro atoms. The highest BCUT2D eigenvalue weighted by atomic mass is 14.9. The van der Waals surface area contributed by atoms with Crippen LogP contribution in [0.1, 0.15) is 13.3 Å². The fourth-order valence-electron chi connectivity index (χ4n) is 2.00. The van der Waals surface area contributed by atoms with Gasteiger partial charge in [0.15, 0.2) is 0 Å². The van der Waals surface area contributed by atoms with E-state index in [2.05, 4.69) is 12.2 Å². The zero-order chi connectivity index (χ0) is 5.56. The molecule has 2 saturated heterocycles. The van der Waals surface area contributed by atoms with Crippen molar-refractivity contribution in [3.05, 3.63) is 0 Å². The zero-order valence-electron chi connectivity index (χ0n) is 5.35. The van der Waals surface area contributed by atoms with Gasteiger partial charge in [-0.2, -0.15) is 0 Å². The Bertz CT molecular complexity index is 86.6. The smallest absolute Gasteiger partial charge is 0.00176 e. The lowest BCUT2D eigenvalue weighted by atomic mass is 9.63. The summed E-state index contributed by atoms with van der Waals surface area (Å²) in [6.07, 6.45) is 1.51. The number of hydrogen-bond acceptors (Lipinski definition) is 1. The van der Waals surface area contributed by atoms with Gasteiger partial charge in [-0.1, -0.05) is 6.92 Å². The first-order valence-corrected chi connectivity index (χ1v) is 3.58. The molecule has 0 unspecified atom stereocenters. The first kappa shape index (κ1) is 4.80. The van der Waals surface area contributed by atoms with Crippen LogP contribution in [0.5, 0.6) is 0 Å². The van der Waals surface area contributed by atoms with Crippen molar-refractivity contribution >= 4 is 0 Å². The minimum absolute atomic E-state index is 1.04. The Morgan fingerprint density at radius 2 is 1.88 bits per heavy atom. The van der Waals surface area contributed by atoms with Crippen molar-refractivity contribution in [3.63, 3.8) is 0 Å². The molecule has 0 radical (unpaired) electrons. The molecule has 0 amide bonds. The van der Waals surface area contributed by atoms with Crippen molar-refractivity contribution in [3.8, 4) is 0 Å². The van der Waals surface area contributed by atoms with E-state index >= 15 is 0 Å². The van der Waals surface area contributed by atoms with Crippen LogP contribution in [0.3, 0.4) is 0 Å². The molecule has 8 heavy (non-hydrogen) atoms. The predicted octanol–water partition coefficient (Wildman–Crippen LogP) is 0.862. The van der Waals surface area contributed by atoms with Gasteiger partial charge in [-0.05, 0) is 37.3 Å². The van der Waals surface area contributed by atoms with Gasteiger partial charge >= 0.3 is 0 Å². The molecule has 1 heteroatoms. The summed E-state index contributed by atoms with van der Waals surface area (Å²) in [5, 5.41) is 3.41. The summed E-state index contributed by atoms with van der Waals surface area (Å²) in [4.78, 5) is 0. The van der Waals surface area contributed by atoms with Crippen LogP contribution in [0.4, 0.5) is 0 Å². The highest BCUT2D eigenvalue weighted by Crippen LogP contribution is 2.41. The standard InChI is InChI=1S/C7H13N/c1-5-6-2-7(5)4-8-3-6/h5-8H,2-4H2,1H3/t5-,6+,7-. The normalized spacial score (nSPS) is 52.9. The number of nitrogens with one attached hydrogen (secondary N) is 1. The summed E-state index contributed by atoms with van der Waals surface area (Å²) in [6.45, 7) is 4.97. The average Bonchev–Trinajstić information content (AvgIpc) is 1.89. The molecule has 1 nitrogen and oxygen atoms in total. The Balaban J connectivity index is 2.03. The van der Waals surface area contributed by atoms with Crippen molar-refractivity contribution in [2.75, 3.05) is 13.1 Å². The monoisotopic (exact) mass is 111 g/mol. The molecule has 0 aromatic rings. The van der Waals surface area contributed by atoms with Crippen LogP contribution in [0, 0.1) is 17.8 Å². The Labute approximate surface area is 50.5 Å². The molecule has 3 aliphatic rings. The van der Waals surface area contributed by atoms with Gasteiger partial charge in [-0.25, -0.2) is 0 Å². The van der Waals surface area contributed by atoms with Crippen LogP contribution in [0.2, 0.25) is 0 Å². The van der Waals surface area contributed by atoms with E-state index in [1.54, 1.807) is 0 Å². The van der Waals surface area contributed by atoms with E-state index in [4.69, 9.17) is 0 Å². The van der Waals surface area contributed by atoms with Crippen LogP contribution in [0.15, 0.2) is 0 Å². The number of fused-ring (bicyclic) bond motifs is 2. The number of hydrogen-bond donors (Lipinski definition) is 1. The fourth-order valence-corrected chi connectivity index (χ4v) is 2.00. The molecular weight excluding hydrogens is 98.1 g/mol. The van der Waals surface area contributed by atoms with Gasteiger partial charge < -0.3 is 5.32 Å². The van der Waals surface area contributed by atoms with Crippen LogP contribution >= 0.6 is 0 Å². The van der Waals surface area contributed by atoms with Gasteiger partial charge in [0, 0.05) is 0 Å². The number of rotatable bonds is 0. The van der Waals surface area contributed by atoms with E-state index in [-0.39, 0.29) is 0 Å². The molecule has 46 valence electrons. The Hall–Kier alpha value is -0.0400. The van der Waals surface area contributed by atoms with Gasteiger partial charge in [0.1, 0.15) is 0 Å². The Morgan fingerprint density at radius 3 is 2.12 bits per heavy atom. The maximum atomic E-state index is 3.41. The molecule has 2 aliphatic heterocycles. The van der Waals surface area contributed by atoms with E-state index in [9.17, 15) is 0 Å². The lowest BCUT2D eigenvalue weighted by molar-refractivity contribution is 0.0461. The largest absolute Gasteiger partial charge is 0.316 e. The van der Waals surface area contributed by atoms with Crippen LogP contribution in [0.25, 0.3) is 0 Å². The zero-order valence-corrected chi connectivity index (χ0v) is 5.35. The maximum absolute atomic E-state index is 3.41. The van der Waals surface area contributed by atoms with Crippen LogP contribution in [-0.2, 0) is 0 Å². The molecule has 3 fully saturated rings. The first-order valence-electron chi connectivity index (χ1n) is 3.58. The maximum Gasteiger partial charge on any atom is -0.00176 e. The van der Waals surface area contributed by atoms with E-state index < -0.39 is 0 Å². The predicted molar refractivity (Wildman–Crippen MR) is 33.6 cm³/mol. The highest BCUT2D eigenvalue weighted by Gasteiger charge is 2.39. The van der Waals surface area contributed by atoms with Gasteiger partial charge in [0.2, 0.25) is 0 Å². The third kappa shape index (κ3) is 0.455. The van der Waals surface area contributed by atoms with Gasteiger partial charge in [-0.3, -0.25) is 0 Å². The quantitative estimate of drug-likeness (QED) is 0.489. The third-order valence-corrected chi connectivity index (χ3v) is 2.91. The van der Waals surface area contributed by atoms with Crippen molar-refractivity contribution in [2.24, 2.45) is 17.8 Å². The topological polar surface area (TPSA) is 12.0 Å². The average molecular weight is 111 g/mol. The molecule has 0 aromatic heterocycles. The first-order chi connectivity index (χ1) is 3.88. The molecule has 0 aromatic carbocycles. The molecular formula is C7H13N. The van der Waals surface area contributed by atoms with Crippen molar-refractivity contribution in [2.45, 2.75) is 13.3 Å². The summed E-state index contributed by atoms with van der Waals surface area (Å²) in [6, 6.07) is 0. The summed E-state index contributed by atoms with van der Waals surface area (Å²) in [5.74, 6) is 3.11. The van der Waals surface area contributed by atoms with Gasteiger partial charge in [0.05, 0.1) is 0 Å². The minimum atomic E-state index is 1.04. The van der Waals surface area contributed by atoms with Gasteiger partial charge in [-0.15, -0.1) is 0 Å². The molecule has 1 aliphatic carbocycles. The molecule has 1 N–H and O–H groups in total. The Kier molecular flexibility index (Phi) is 0.884. The molecule has 3 rings (SSSR count). The van der Waals surface area contributed by atoms with Crippen molar-refractivity contribution in [1.82, 2.24) is 5.32 Å². The van der Waals surface area contributed by atoms with E-state index in [1.807, 2.05) is 0 Å². The lowest BCUT2D eigenvalue weighted by Gasteiger charge is -2.48. The summed E-state index contributed by atoms with van der Waals surface area (Å²) < 4.78 is 0. The van der Waals surface area contributed by atoms with Crippen molar-refractivity contribution in [1.29, 1.82) is 0 Å². The summed E-state index contributed by atoms with van der Waals surface area (Å²) in [7, 11) is 0. The molecule has 1 saturated carbocycles. The second-order valence-electron chi connectivity index (χ2n) is 3.27. The highest BCUT2D eigenvalue weighted by molar-refractivity contribution is 4.92. The Morgan fingerprint density at radius 1 is 1.25 bits per heavy atom. The SMILES string of the molecule is C[C@@H]1[C@@H]2CNC[C@H]1C2. The van der Waals surface area contributed by atoms with E-state index in [1.165, 1.54) is 19.5 Å². The van der Waals surface area contributed by atoms with E-state index in [0.717, 1.165) is 17.8 Å². The van der Waals surface area contributed by atoms with Crippen LogP contribution in [-0.4, -0.2) is 13.1 Å². The van der Waals surface area contributed by atoms with E-state index in [0.29, 0.717) is 0 Å². The second-order valence-corrected chi connectivity index (χ2v) is 3.27. The second kappa shape index (κ2) is 1.47. The summed E-state index contributed by atoms with van der Waals surface area (Å²) in [5.41, 5.74) is 0. The molecule has 2 heterocycles. The molecule has 2 bridgehead atoms. The summed E-state index contributed by atoms with van der Waals surface area (Å²) >= 11 is 0.